The zero-order valence-corrected chi connectivity index (χ0v) is 10.1. The van der Waals surface area contributed by atoms with E-state index in [-0.39, 0.29) is 12.0 Å². The maximum Gasteiger partial charge on any atom is 0.322 e. The highest BCUT2D eigenvalue weighted by Crippen LogP contribution is 2.06. The van der Waals surface area contributed by atoms with Gasteiger partial charge in [0, 0.05) is 0 Å². The molecule has 84 valence electrons. The first-order chi connectivity index (χ1) is 6.61. The molecule has 0 aromatic carbocycles. The Morgan fingerprint density at radius 2 is 2.14 bits per heavy atom. The Labute approximate surface area is 92.0 Å². The minimum atomic E-state index is -0.169. The van der Waals surface area contributed by atoms with Gasteiger partial charge in [0.1, 0.15) is 6.04 Å². The largest absolute Gasteiger partial charge is 0.468 e. The van der Waals surface area contributed by atoms with Gasteiger partial charge in [0.2, 0.25) is 0 Å². The molecule has 0 amide bonds. The summed E-state index contributed by atoms with van der Waals surface area (Å²) in [5.74, 6) is 1.16. The van der Waals surface area contributed by atoms with Crippen LogP contribution in [0.25, 0.3) is 0 Å². The minimum absolute atomic E-state index is 0.167. The zero-order valence-electron chi connectivity index (χ0n) is 9.25. The lowest BCUT2D eigenvalue weighted by Gasteiger charge is -2.17. The monoisotopic (exact) mass is 219 g/mol. The van der Waals surface area contributed by atoms with Crippen molar-refractivity contribution in [3.8, 4) is 0 Å². The van der Waals surface area contributed by atoms with E-state index in [4.69, 9.17) is 4.74 Å². The average Bonchev–Trinajstić information content (AvgIpc) is 2.15. The van der Waals surface area contributed by atoms with Gasteiger partial charge in [-0.15, -0.1) is 0 Å². The first-order valence-electron chi connectivity index (χ1n) is 5.03. The van der Waals surface area contributed by atoms with Crippen LogP contribution in [0, 0.1) is 5.92 Å². The third-order valence-corrected chi connectivity index (χ3v) is 2.23. The second-order valence-corrected chi connectivity index (χ2v) is 4.18. The van der Waals surface area contributed by atoms with Gasteiger partial charge in [-0.3, -0.25) is 4.79 Å². The lowest BCUT2D eigenvalue weighted by atomic mass is 10.0. The van der Waals surface area contributed by atoms with E-state index in [9.17, 15) is 4.79 Å². The van der Waals surface area contributed by atoms with Gasteiger partial charge >= 0.3 is 5.97 Å². The van der Waals surface area contributed by atoms with Crippen molar-refractivity contribution in [1.29, 1.82) is 0 Å². The number of carbonyl (C=O) groups is 1. The highest BCUT2D eigenvalue weighted by molar-refractivity contribution is 7.80. The third kappa shape index (κ3) is 6.27. The molecule has 0 aliphatic rings. The number of methoxy groups -OCH3 is 1. The fraction of sp³-hybridized carbons (Fsp3) is 0.900. The Hall–Kier alpha value is -0.220. The minimum Gasteiger partial charge on any atom is -0.468 e. The molecule has 0 heterocycles. The third-order valence-electron chi connectivity index (χ3n) is 1.92. The van der Waals surface area contributed by atoms with E-state index in [2.05, 4.69) is 31.8 Å². The van der Waals surface area contributed by atoms with Crippen LogP contribution >= 0.6 is 12.6 Å². The molecule has 0 aliphatic heterocycles. The molecule has 0 bridgehead atoms. The Morgan fingerprint density at radius 1 is 1.50 bits per heavy atom. The Balaban J connectivity index is 3.91. The molecule has 0 aromatic heterocycles. The molecule has 4 heteroatoms. The fourth-order valence-electron chi connectivity index (χ4n) is 1.23. The molecule has 1 N–H and O–H groups in total. The molecular weight excluding hydrogens is 198 g/mol. The van der Waals surface area contributed by atoms with E-state index in [1.54, 1.807) is 0 Å². The van der Waals surface area contributed by atoms with Crippen molar-refractivity contribution < 1.29 is 9.53 Å². The molecule has 0 unspecified atom stereocenters. The molecule has 0 spiro atoms. The van der Waals surface area contributed by atoms with Crippen LogP contribution < -0.4 is 5.32 Å². The quantitative estimate of drug-likeness (QED) is 0.387. The van der Waals surface area contributed by atoms with Crippen LogP contribution in [-0.2, 0) is 9.53 Å². The van der Waals surface area contributed by atoms with E-state index in [1.807, 2.05) is 0 Å². The van der Waals surface area contributed by atoms with Crippen molar-refractivity contribution >= 4 is 18.6 Å². The fourth-order valence-corrected chi connectivity index (χ4v) is 1.39. The summed E-state index contributed by atoms with van der Waals surface area (Å²) in [6, 6.07) is -0.167. The first kappa shape index (κ1) is 13.8. The summed E-state index contributed by atoms with van der Waals surface area (Å²) in [6.45, 7) is 5.00. The zero-order chi connectivity index (χ0) is 11.0. The summed E-state index contributed by atoms with van der Waals surface area (Å²) in [7, 11) is 1.43. The molecule has 0 rings (SSSR count). The lowest BCUT2D eigenvalue weighted by Crippen LogP contribution is -2.39. The van der Waals surface area contributed by atoms with Gasteiger partial charge in [-0.2, -0.15) is 12.6 Å². The van der Waals surface area contributed by atoms with Crippen LogP contribution in [0.5, 0.6) is 0 Å². The van der Waals surface area contributed by atoms with E-state index in [0.29, 0.717) is 5.92 Å². The van der Waals surface area contributed by atoms with E-state index in [0.717, 1.165) is 25.1 Å². The maximum absolute atomic E-state index is 11.3. The SMILES string of the molecule is COC(=O)[C@@H](CC(C)C)NCCCS. The Morgan fingerprint density at radius 3 is 2.57 bits per heavy atom. The average molecular weight is 219 g/mol. The van der Waals surface area contributed by atoms with Crippen molar-refractivity contribution in [3.05, 3.63) is 0 Å². The van der Waals surface area contributed by atoms with Crippen molar-refractivity contribution in [3.63, 3.8) is 0 Å². The van der Waals surface area contributed by atoms with Crippen molar-refractivity contribution in [2.75, 3.05) is 19.4 Å². The second-order valence-electron chi connectivity index (χ2n) is 3.74. The maximum atomic E-state index is 11.3. The number of hydrogen-bond donors (Lipinski definition) is 2. The van der Waals surface area contributed by atoms with Crippen LogP contribution in [-0.4, -0.2) is 31.4 Å². The van der Waals surface area contributed by atoms with Gasteiger partial charge in [-0.1, -0.05) is 13.8 Å². The molecular formula is C10H21NO2S. The molecule has 0 radical (unpaired) electrons. The molecule has 0 saturated carbocycles. The molecule has 1 atom stereocenters. The van der Waals surface area contributed by atoms with Crippen LogP contribution in [0.2, 0.25) is 0 Å². The molecule has 0 aliphatic carbocycles. The van der Waals surface area contributed by atoms with Crippen LogP contribution in [0.1, 0.15) is 26.7 Å². The number of thiol groups is 1. The van der Waals surface area contributed by atoms with Crippen LogP contribution in [0.15, 0.2) is 0 Å². The number of nitrogens with one attached hydrogen (secondary N) is 1. The predicted molar refractivity (Wildman–Crippen MR) is 61.7 cm³/mol. The standard InChI is InChI=1S/C10H21NO2S/c1-8(2)7-9(10(12)13-3)11-5-4-6-14/h8-9,11,14H,4-7H2,1-3H3/t9-/m1/s1. The van der Waals surface area contributed by atoms with E-state index in [1.165, 1.54) is 7.11 Å². The summed E-state index contributed by atoms with van der Waals surface area (Å²) < 4.78 is 4.72. The van der Waals surface area contributed by atoms with Crippen molar-refractivity contribution in [2.24, 2.45) is 5.92 Å². The van der Waals surface area contributed by atoms with Gasteiger partial charge < -0.3 is 10.1 Å². The van der Waals surface area contributed by atoms with Gasteiger partial charge in [-0.25, -0.2) is 0 Å². The molecule has 3 nitrogen and oxygen atoms in total. The summed E-state index contributed by atoms with van der Waals surface area (Å²) in [5.41, 5.74) is 0. The highest BCUT2D eigenvalue weighted by atomic mass is 32.1. The van der Waals surface area contributed by atoms with Crippen molar-refractivity contribution in [2.45, 2.75) is 32.7 Å². The van der Waals surface area contributed by atoms with Gasteiger partial charge in [0.25, 0.3) is 0 Å². The molecule has 0 saturated heterocycles. The van der Waals surface area contributed by atoms with Gasteiger partial charge in [-0.05, 0) is 31.1 Å². The lowest BCUT2D eigenvalue weighted by molar-refractivity contribution is -0.143. The number of ether oxygens (including phenoxy) is 1. The topological polar surface area (TPSA) is 38.3 Å². The molecule has 0 fully saturated rings. The molecule has 0 aromatic rings. The number of carbonyl (C=O) groups excluding carboxylic acids is 1. The van der Waals surface area contributed by atoms with Gasteiger partial charge in [0.05, 0.1) is 7.11 Å². The number of hydrogen-bond acceptors (Lipinski definition) is 4. The van der Waals surface area contributed by atoms with E-state index >= 15 is 0 Å². The summed E-state index contributed by atoms with van der Waals surface area (Å²) in [5, 5.41) is 3.18. The van der Waals surface area contributed by atoms with Crippen LogP contribution in [0.4, 0.5) is 0 Å². The smallest absolute Gasteiger partial charge is 0.322 e. The Kier molecular flexibility index (Phi) is 7.99. The predicted octanol–water partition coefficient (Wildman–Crippen LogP) is 1.48. The summed E-state index contributed by atoms with van der Waals surface area (Å²) in [4.78, 5) is 11.3. The second kappa shape index (κ2) is 8.12. The normalized spacial score (nSPS) is 12.9. The van der Waals surface area contributed by atoms with Crippen molar-refractivity contribution in [1.82, 2.24) is 5.32 Å². The summed E-state index contributed by atoms with van der Waals surface area (Å²) in [6.07, 6.45) is 1.79. The Bertz CT molecular complexity index is 162. The van der Waals surface area contributed by atoms with Gasteiger partial charge in [0.15, 0.2) is 0 Å². The first-order valence-corrected chi connectivity index (χ1v) is 5.67. The number of esters is 1. The van der Waals surface area contributed by atoms with Crippen LogP contribution in [0.3, 0.4) is 0 Å². The number of rotatable bonds is 7. The van der Waals surface area contributed by atoms with E-state index < -0.39 is 0 Å². The summed E-state index contributed by atoms with van der Waals surface area (Å²) >= 11 is 4.11. The molecule has 14 heavy (non-hydrogen) atoms. The highest BCUT2D eigenvalue weighted by Gasteiger charge is 2.18.